The highest BCUT2D eigenvalue weighted by Crippen LogP contribution is 2.25. The molecule has 138 valence electrons. The molecule has 0 aliphatic carbocycles. The van der Waals surface area contributed by atoms with Crippen LogP contribution in [-0.2, 0) is 0 Å². The molecule has 2 heterocycles. The van der Waals surface area contributed by atoms with Crippen LogP contribution < -0.4 is 16.3 Å². The molecule has 1 amide bonds. The lowest BCUT2D eigenvalue weighted by molar-refractivity contribution is 0.0963. The number of pyridine rings is 1. The average molecular weight is 371 g/mol. The number of hydrogen-bond acceptors (Lipinski definition) is 5. The molecule has 0 atom stereocenters. The van der Waals surface area contributed by atoms with E-state index in [2.05, 4.69) is 25.6 Å². The molecule has 4 aromatic rings. The van der Waals surface area contributed by atoms with Crippen LogP contribution in [0.2, 0.25) is 0 Å². The first kappa shape index (κ1) is 17.4. The molecule has 0 radical (unpaired) electrons. The van der Waals surface area contributed by atoms with E-state index in [0.29, 0.717) is 17.0 Å². The molecule has 0 bridgehead atoms. The second-order valence-electron chi connectivity index (χ2n) is 6.15. The molecule has 4 rings (SSSR count). The summed E-state index contributed by atoms with van der Waals surface area (Å²) in [4.78, 5) is 34.1. The van der Waals surface area contributed by atoms with E-state index in [-0.39, 0.29) is 5.91 Å². The minimum Gasteiger partial charge on any atom is -0.355 e. The zero-order valence-electron chi connectivity index (χ0n) is 15.1. The lowest BCUT2D eigenvalue weighted by Gasteiger charge is -2.10. The third-order valence-electron chi connectivity index (χ3n) is 4.36. The van der Waals surface area contributed by atoms with Crippen molar-refractivity contribution in [3.63, 3.8) is 0 Å². The Kier molecular flexibility index (Phi) is 4.55. The Labute approximate surface area is 160 Å². The molecule has 0 saturated heterocycles. The maximum absolute atomic E-state index is 11.8. The Bertz CT molecular complexity index is 1200. The standard InChI is InChI=1S/C21H17N5O2/c1-22-20(27)15-6-4-13(5-7-15)14-8-10-16(11-9-14)24-19-17-3-2-12-23-18(17)25-21(28)26-19/h2-12H,1H3,(H,22,27)(H2,23,24,25,26,28). The van der Waals surface area contributed by atoms with Crippen molar-refractivity contribution in [2.24, 2.45) is 0 Å². The van der Waals surface area contributed by atoms with Crippen molar-refractivity contribution < 1.29 is 4.79 Å². The molecule has 0 aliphatic heterocycles. The number of anilines is 2. The van der Waals surface area contributed by atoms with E-state index in [1.807, 2.05) is 42.5 Å². The van der Waals surface area contributed by atoms with Crippen molar-refractivity contribution in [2.75, 3.05) is 12.4 Å². The Morgan fingerprint density at radius 3 is 2.32 bits per heavy atom. The van der Waals surface area contributed by atoms with Gasteiger partial charge in [0.25, 0.3) is 5.91 Å². The number of aromatic nitrogens is 3. The van der Waals surface area contributed by atoms with Gasteiger partial charge in [-0.15, -0.1) is 0 Å². The van der Waals surface area contributed by atoms with Crippen LogP contribution in [0.3, 0.4) is 0 Å². The van der Waals surface area contributed by atoms with Gasteiger partial charge in [-0.25, -0.2) is 9.78 Å². The van der Waals surface area contributed by atoms with Gasteiger partial charge in [-0.1, -0.05) is 24.3 Å². The third-order valence-corrected chi connectivity index (χ3v) is 4.36. The molecule has 0 spiro atoms. The van der Waals surface area contributed by atoms with E-state index in [1.54, 1.807) is 31.4 Å². The molecular weight excluding hydrogens is 354 g/mol. The Balaban J connectivity index is 1.59. The van der Waals surface area contributed by atoms with Crippen molar-refractivity contribution >= 4 is 28.4 Å². The first-order valence-electron chi connectivity index (χ1n) is 8.69. The molecule has 0 aliphatic rings. The molecule has 7 nitrogen and oxygen atoms in total. The van der Waals surface area contributed by atoms with Gasteiger partial charge in [-0.2, -0.15) is 4.98 Å². The molecule has 0 unspecified atom stereocenters. The summed E-state index contributed by atoms with van der Waals surface area (Å²) in [5.41, 5.74) is 3.39. The minimum atomic E-state index is -0.457. The highest BCUT2D eigenvalue weighted by atomic mass is 16.1. The number of hydrogen-bond donors (Lipinski definition) is 3. The Morgan fingerprint density at radius 2 is 1.64 bits per heavy atom. The van der Waals surface area contributed by atoms with Crippen LogP contribution >= 0.6 is 0 Å². The minimum absolute atomic E-state index is 0.112. The van der Waals surface area contributed by atoms with Gasteiger partial charge >= 0.3 is 5.69 Å². The molecule has 7 heteroatoms. The maximum Gasteiger partial charge on any atom is 0.348 e. The third kappa shape index (κ3) is 3.45. The lowest BCUT2D eigenvalue weighted by Crippen LogP contribution is -2.17. The quantitative estimate of drug-likeness (QED) is 0.512. The van der Waals surface area contributed by atoms with Gasteiger partial charge in [0.15, 0.2) is 5.65 Å². The summed E-state index contributed by atoms with van der Waals surface area (Å²) < 4.78 is 0. The summed E-state index contributed by atoms with van der Waals surface area (Å²) in [5, 5.41) is 6.55. The summed E-state index contributed by atoms with van der Waals surface area (Å²) in [6.07, 6.45) is 1.60. The predicted octanol–water partition coefficient (Wildman–Crippen LogP) is 3.09. The average Bonchev–Trinajstić information content (AvgIpc) is 2.74. The normalized spacial score (nSPS) is 10.6. The number of fused-ring (bicyclic) bond motifs is 1. The molecule has 0 fully saturated rings. The summed E-state index contributed by atoms with van der Waals surface area (Å²) in [6, 6.07) is 18.8. The number of aromatic amines is 1. The number of nitrogens with one attached hydrogen (secondary N) is 3. The molecule has 2 aromatic heterocycles. The molecule has 0 saturated carbocycles. The fraction of sp³-hybridized carbons (Fsp3) is 0.0476. The molecule has 2 aromatic carbocycles. The molecule has 28 heavy (non-hydrogen) atoms. The zero-order chi connectivity index (χ0) is 19.5. The van der Waals surface area contributed by atoms with Crippen molar-refractivity contribution in [3.8, 4) is 11.1 Å². The van der Waals surface area contributed by atoms with E-state index in [4.69, 9.17) is 0 Å². The summed E-state index contributed by atoms with van der Waals surface area (Å²) in [7, 11) is 1.61. The van der Waals surface area contributed by atoms with Crippen LogP contribution in [0.4, 0.5) is 11.5 Å². The van der Waals surface area contributed by atoms with Crippen molar-refractivity contribution in [2.45, 2.75) is 0 Å². The van der Waals surface area contributed by atoms with Crippen LogP contribution in [0, 0.1) is 0 Å². The number of H-pyrrole nitrogens is 1. The molecular formula is C21H17N5O2. The van der Waals surface area contributed by atoms with Gasteiger partial charge in [0.2, 0.25) is 0 Å². The number of carbonyl (C=O) groups is 1. The second kappa shape index (κ2) is 7.32. The second-order valence-corrected chi connectivity index (χ2v) is 6.15. The monoisotopic (exact) mass is 371 g/mol. The lowest BCUT2D eigenvalue weighted by atomic mass is 10.0. The highest BCUT2D eigenvalue weighted by molar-refractivity contribution is 5.94. The first-order valence-corrected chi connectivity index (χ1v) is 8.69. The SMILES string of the molecule is CNC(=O)c1ccc(-c2ccc(Nc3[nH]c(=O)nc4ncccc34)cc2)cc1. The number of amides is 1. The van der Waals surface area contributed by atoms with Crippen LogP contribution in [-0.4, -0.2) is 27.9 Å². The van der Waals surface area contributed by atoms with Crippen LogP contribution in [0.1, 0.15) is 10.4 Å². The molecule has 3 N–H and O–H groups in total. The van der Waals surface area contributed by atoms with E-state index < -0.39 is 5.69 Å². The van der Waals surface area contributed by atoms with E-state index >= 15 is 0 Å². The van der Waals surface area contributed by atoms with Gasteiger partial charge in [0, 0.05) is 24.5 Å². The maximum atomic E-state index is 11.8. The van der Waals surface area contributed by atoms with Gasteiger partial charge in [0.1, 0.15) is 5.82 Å². The van der Waals surface area contributed by atoms with Crippen molar-refractivity contribution in [1.29, 1.82) is 0 Å². The summed E-state index contributed by atoms with van der Waals surface area (Å²) >= 11 is 0. The smallest absolute Gasteiger partial charge is 0.348 e. The van der Waals surface area contributed by atoms with E-state index in [1.165, 1.54) is 0 Å². The predicted molar refractivity (Wildman–Crippen MR) is 109 cm³/mol. The fourth-order valence-electron chi connectivity index (χ4n) is 2.93. The first-order chi connectivity index (χ1) is 13.6. The van der Waals surface area contributed by atoms with Gasteiger partial charge in [-0.3, -0.25) is 9.78 Å². The van der Waals surface area contributed by atoms with E-state index in [9.17, 15) is 9.59 Å². The zero-order valence-corrected chi connectivity index (χ0v) is 15.1. The van der Waals surface area contributed by atoms with E-state index in [0.717, 1.165) is 22.2 Å². The van der Waals surface area contributed by atoms with Crippen molar-refractivity contribution in [3.05, 3.63) is 82.9 Å². The highest BCUT2D eigenvalue weighted by Gasteiger charge is 2.07. The number of carbonyl (C=O) groups excluding carboxylic acids is 1. The van der Waals surface area contributed by atoms with Gasteiger partial charge in [0.05, 0.1) is 5.39 Å². The van der Waals surface area contributed by atoms with Gasteiger partial charge < -0.3 is 10.6 Å². The topological polar surface area (TPSA) is 99.8 Å². The van der Waals surface area contributed by atoms with Crippen LogP contribution in [0.15, 0.2) is 71.7 Å². The van der Waals surface area contributed by atoms with Crippen molar-refractivity contribution in [1.82, 2.24) is 20.3 Å². The number of nitrogens with zero attached hydrogens (tertiary/aromatic N) is 2. The van der Waals surface area contributed by atoms with Crippen LogP contribution in [0.5, 0.6) is 0 Å². The largest absolute Gasteiger partial charge is 0.355 e. The van der Waals surface area contributed by atoms with Gasteiger partial charge in [-0.05, 0) is 47.5 Å². The summed E-state index contributed by atoms with van der Waals surface area (Å²) in [5.74, 6) is 0.435. The van der Waals surface area contributed by atoms with Crippen LogP contribution in [0.25, 0.3) is 22.2 Å². The summed E-state index contributed by atoms with van der Waals surface area (Å²) in [6.45, 7) is 0. The number of benzene rings is 2. The number of rotatable bonds is 4. The Morgan fingerprint density at radius 1 is 0.964 bits per heavy atom. The fourth-order valence-corrected chi connectivity index (χ4v) is 2.93. The Hall–Kier alpha value is -4.00.